The highest BCUT2D eigenvalue weighted by molar-refractivity contribution is 4.98. The van der Waals surface area contributed by atoms with Crippen molar-refractivity contribution < 1.29 is 9.84 Å². The summed E-state index contributed by atoms with van der Waals surface area (Å²) < 4.78 is 5.34. The van der Waals surface area contributed by atoms with E-state index in [1.54, 1.807) is 6.92 Å². The highest BCUT2D eigenvalue weighted by Gasteiger charge is 2.40. The molecule has 3 nitrogen and oxygen atoms in total. The van der Waals surface area contributed by atoms with Gasteiger partial charge in [0.15, 0.2) is 6.29 Å². The first-order chi connectivity index (χ1) is 5.25. The molecule has 0 aromatic rings. The molecule has 0 radical (unpaired) electrons. The smallest absolute Gasteiger partial charge is 0.152 e. The largest absolute Gasteiger partial charge is 0.368 e. The molecule has 0 saturated carbocycles. The van der Waals surface area contributed by atoms with Crippen LogP contribution < -0.4 is 5.32 Å². The molecule has 0 aromatic carbocycles. The molecule has 2 saturated heterocycles. The van der Waals surface area contributed by atoms with E-state index in [4.69, 9.17) is 9.84 Å². The number of rotatable bonds is 2. The number of hydrogen-bond donors (Lipinski definition) is 2. The van der Waals surface area contributed by atoms with Gasteiger partial charge in [-0.15, -0.1) is 0 Å². The molecule has 2 fully saturated rings. The van der Waals surface area contributed by atoms with Gasteiger partial charge in [-0.05, 0) is 26.2 Å². The zero-order chi connectivity index (χ0) is 7.84. The molecule has 11 heavy (non-hydrogen) atoms. The fraction of sp³-hybridized carbons (Fsp3) is 1.00. The topological polar surface area (TPSA) is 41.5 Å². The number of nitrogens with one attached hydrogen (secondary N) is 1. The molecule has 2 aliphatic heterocycles. The average Bonchev–Trinajstić information content (AvgIpc) is 2.45. The number of aliphatic hydroxyl groups is 1. The van der Waals surface area contributed by atoms with Gasteiger partial charge in [-0.1, -0.05) is 0 Å². The predicted octanol–water partition coefficient (Wildman–Crippen LogP) is 0.234. The summed E-state index contributed by atoms with van der Waals surface area (Å²) in [4.78, 5) is 0. The van der Waals surface area contributed by atoms with E-state index < -0.39 is 6.29 Å². The van der Waals surface area contributed by atoms with Crippen molar-refractivity contribution in [2.24, 2.45) is 0 Å². The molecular formula is C8H15NO2. The quantitative estimate of drug-likeness (QED) is 0.564. The fourth-order valence-electron chi connectivity index (χ4n) is 2.18. The van der Waals surface area contributed by atoms with Crippen LogP contribution in [0.4, 0.5) is 0 Å². The van der Waals surface area contributed by atoms with Crippen LogP contribution in [-0.2, 0) is 4.74 Å². The Morgan fingerprint density at radius 1 is 1.55 bits per heavy atom. The number of fused-ring (bicyclic) bond motifs is 2. The SMILES string of the molecule is CC(O)OC1CC2CCC1N2. The molecular weight excluding hydrogens is 142 g/mol. The number of hydrogen-bond acceptors (Lipinski definition) is 3. The molecule has 0 aromatic heterocycles. The lowest BCUT2D eigenvalue weighted by atomic mass is 9.98. The number of ether oxygens (including phenoxy) is 1. The second-order valence-corrected chi connectivity index (χ2v) is 3.56. The van der Waals surface area contributed by atoms with Gasteiger partial charge in [0, 0.05) is 12.1 Å². The van der Waals surface area contributed by atoms with Crippen LogP contribution in [0.2, 0.25) is 0 Å². The summed E-state index contributed by atoms with van der Waals surface area (Å²) in [5.74, 6) is 0. The summed E-state index contributed by atoms with van der Waals surface area (Å²) >= 11 is 0. The van der Waals surface area contributed by atoms with Gasteiger partial charge < -0.3 is 15.2 Å². The third-order valence-electron chi connectivity index (χ3n) is 2.61. The Morgan fingerprint density at radius 3 is 2.82 bits per heavy atom. The van der Waals surface area contributed by atoms with Crippen LogP contribution in [0, 0.1) is 0 Å². The summed E-state index contributed by atoms with van der Waals surface area (Å²) in [6.07, 6.45) is 3.22. The minimum absolute atomic E-state index is 0.258. The van der Waals surface area contributed by atoms with E-state index in [0.29, 0.717) is 12.1 Å². The molecule has 2 bridgehead atoms. The van der Waals surface area contributed by atoms with Crippen molar-refractivity contribution in [2.45, 2.75) is 50.7 Å². The van der Waals surface area contributed by atoms with Crippen molar-refractivity contribution in [3.8, 4) is 0 Å². The Hall–Kier alpha value is -0.120. The molecule has 3 heteroatoms. The van der Waals surface area contributed by atoms with Crippen LogP contribution in [0.15, 0.2) is 0 Å². The first kappa shape index (κ1) is 7.53. The highest BCUT2D eigenvalue weighted by atomic mass is 16.6. The minimum Gasteiger partial charge on any atom is -0.368 e. The van der Waals surface area contributed by atoms with Crippen molar-refractivity contribution in [3.05, 3.63) is 0 Å². The summed E-state index contributed by atoms with van der Waals surface area (Å²) in [5.41, 5.74) is 0. The third-order valence-corrected chi connectivity index (χ3v) is 2.61. The third kappa shape index (κ3) is 1.41. The van der Waals surface area contributed by atoms with Gasteiger partial charge in [0.2, 0.25) is 0 Å². The summed E-state index contributed by atoms with van der Waals surface area (Å²) in [6.45, 7) is 1.67. The van der Waals surface area contributed by atoms with Crippen LogP contribution in [0.5, 0.6) is 0 Å². The van der Waals surface area contributed by atoms with Gasteiger partial charge in [-0.2, -0.15) is 0 Å². The standard InChI is InChI=1S/C8H15NO2/c1-5(10)11-8-4-6-2-3-7(8)9-6/h5-10H,2-4H2,1H3. The monoisotopic (exact) mass is 157 g/mol. The second kappa shape index (κ2) is 2.73. The maximum atomic E-state index is 8.99. The molecule has 2 rings (SSSR count). The zero-order valence-electron chi connectivity index (χ0n) is 6.79. The van der Waals surface area contributed by atoms with Crippen LogP contribution in [0.1, 0.15) is 26.2 Å². The van der Waals surface area contributed by atoms with E-state index in [0.717, 1.165) is 6.42 Å². The fourth-order valence-corrected chi connectivity index (χ4v) is 2.18. The molecule has 4 unspecified atom stereocenters. The molecule has 0 amide bonds. The van der Waals surface area contributed by atoms with Crippen molar-refractivity contribution in [1.29, 1.82) is 0 Å². The molecule has 0 spiro atoms. The maximum Gasteiger partial charge on any atom is 0.152 e. The van der Waals surface area contributed by atoms with Crippen LogP contribution in [0.25, 0.3) is 0 Å². The molecule has 2 N–H and O–H groups in total. The lowest BCUT2D eigenvalue weighted by molar-refractivity contribution is -0.128. The van der Waals surface area contributed by atoms with Crippen molar-refractivity contribution >= 4 is 0 Å². The lowest BCUT2D eigenvalue weighted by Gasteiger charge is -2.21. The predicted molar refractivity (Wildman–Crippen MR) is 41.1 cm³/mol. The van der Waals surface area contributed by atoms with Gasteiger partial charge in [-0.25, -0.2) is 0 Å². The van der Waals surface area contributed by atoms with Gasteiger partial charge in [0.05, 0.1) is 6.10 Å². The van der Waals surface area contributed by atoms with Gasteiger partial charge in [0.1, 0.15) is 0 Å². The van der Waals surface area contributed by atoms with Crippen LogP contribution >= 0.6 is 0 Å². The molecule has 0 aliphatic carbocycles. The molecule has 2 aliphatic rings. The second-order valence-electron chi connectivity index (χ2n) is 3.56. The molecule has 2 heterocycles. The molecule has 4 atom stereocenters. The normalized spacial score (nSPS) is 44.7. The zero-order valence-corrected chi connectivity index (χ0v) is 6.79. The van der Waals surface area contributed by atoms with Crippen LogP contribution in [-0.4, -0.2) is 29.6 Å². The lowest BCUT2D eigenvalue weighted by Crippen LogP contribution is -2.31. The maximum absolute atomic E-state index is 8.99. The minimum atomic E-state index is -0.610. The Morgan fingerprint density at radius 2 is 2.36 bits per heavy atom. The average molecular weight is 157 g/mol. The van der Waals surface area contributed by atoms with E-state index in [-0.39, 0.29) is 6.10 Å². The summed E-state index contributed by atoms with van der Waals surface area (Å²) in [6, 6.07) is 1.17. The van der Waals surface area contributed by atoms with E-state index in [1.807, 2.05) is 0 Å². The van der Waals surface area contributed by atoms with E-state index in [2.05, 4.69) is 5.32 Å². The first-order valence-electron chi connectivity index (χ1n) is 4.35. The van der Waals surface area contributed by atoms with Crippen LogP contribution in [0.3, 0.4) is 0 Å². The van der Waals surface area contributed by atoms with Crippen molar-refractivity contribution in [3.63, 3.8) is 0 Å². The number of aliphatic hydroxyl groups excluding tert-OH is 1. The van der Waals surface area contributed by atoms with E-state index in [9.17, 15) is 0 Å². The van der Waals surface area contributed by atoms with Gasteiger partial charge in [0.25, 0.3) is 0 Å². The Kier molecular flexibility index (Phi) is 1.87. The summed E-state index contributed by atoms with van der Waals surface area (Å²) in [7, 11) is 0. The molecule has 64 valence electrons. The Bertz CT molecular complexity index is 149. The van der Waals surface area contributed by atoms with Crippen molar-refractivity contribution in [1.82, 2.24) is 5.32 Å². The van der Waals surface area contributed by atoms with Gasteiger partial charge >= 0.3 is 0 Å². The van der Waals surface area contributed by atoms with Crippen molar-refractivity contribution in [2.75, 3.05) is 0 Å². The first-order valence-corrected chi connectivity index (χ1v) is 4.35. The van der Waals surface area contributed by atoms with E-state index in [1.165, 1.54) is 12.8 Å². The highest BCUT2D eigenvalue weighted by Crippen LogP contribution is 2.30. The van der Waals surface area contributed by atoms with Gasteiger partial charge in [-0.3, -0.25) is 0 Å². The Balaban J connectivity index is 1.87. The summed E-state index contributed by atoms with van der Waals surface area (Å²) in [5, 5.41) is 12.4. The Labute approximate surface area is 66.7 Å². The van der Waals surface area contributed by atoms with E-state index >= 15 is 0 Å².